The molecule has 7 nitrogen and oxygen atoms in total. The number of hydrogen-bond acceptors (Lipinski definition) is 4. The number of rotatable bonds is 7. The van der Waals surface area contributed by atoms with E-state index in [2.05, 4.69) is 15.3 Å². The summed E-state index contributed by atoms with van der Waals surface area (Å²) < 4.78 is 5.45. The van der Waals surface area contributed by atoms with Gasteiger partial charge in [0.2, 0.25) is 5.91 Å². The number of aromatic amines is 1. The number of hydrogen-bond donors (Lipinski definition) is 2. The van der Waals surface area contributed by atoms with Gasteiger partial charge >= 0.3 is 0 Å². The molecule has 1 aliphatic rings. The molecule has 2 aromatic carbocycles. The summed E-state index contributed by atoms with van der Waals surface area (Å²) in [6, 6.07) is 16.9. The van der Waals surface area contributed by atoms with Crippen molar-refractivity contribution >= 4 is 17.5 Å². The summed E-state index contributed by atoms with van der Waals surface area (Å²) in [5, 5.41) is 3.08. The Labute approximate surface area is 168 Å². The number of anilines is 1. The predicted molar refractivity (Wildman–Crippen MR) is 109 cm³/mol. The number of nitrogens with one attached hydrogen (secondary N) is 2. The number of carbonyl (C=O) groups excluding carboxylic acids is 2. The number of H-pyrrole nitrogens is 1. The van der Waals surface area contributed by atoms with Gasteiger partial charge in [-0.05, 0) is 17.7 Å². The van der Waals surface area contributed by atoms with Gasteiger partial charge in [-0.3, -0.25) is 9.59 Å². The number of carbonyl (C=O) groups is 2. The molecule has 2 N–H and O–H groups in total. The molecule has 3 aromatic rings. The van der Waals surface area contributed by atoms with Crippen molar-refractivity contribution in [1.29, 1.82) is 0 Å². The van der Waals surface area contributed by atoms with Crippen molar-refractivity contribution < 1.29 is 14.3 Å². The number of nitrogens with zero attached hydrogens (tertiary/aromatic N) is 2. The van der Waals surface area contributed by atoms with Crippen LogP contribution in [-0.4, -0.2) is 34.9 Å². The van der Waals surface area contributed by atoms with E-state index < -0.39 is 0 Å². The number of benzene rings is 2. The Balaban J connectivity index is 1.43. The quantitative estimate of drug-likeness (QED) is 0.649. The summed E-state index contributed by atoms with van der Waals surface area (Å²) >= 11 is 0. The highest BCUT2D eigenvalue weighted by Gasteiger charge is 2.26. The number of amides is 2. The molecule has 0 saturated heterocycles. The summed E-state index contributed by atoms with van der Waals surface area (Å²) in [4.78, 5) is 34.0. The molecule has 1 aromatic heterocycles. The molecule has 0 fully saturated rings. The zero-order chi connectivity index (χ0) is 20.1. The summed E-state index contributed by atoms with van der Waals surface area (Å²) in [6.07, 6.45) is 4.21. The first-order chi connectivity index (χ1) is 14.2. The Bertz CT molecular complexity index is 973. The lowest BCUT2D eigenvalue weighted by Gasteiger charge is -2.29. The first-order valence-corrected chi connectivity index (χ1v) is 9.55. The van der Waals surface area contributed by atoms with Crippen LogP contribution in [0.3, 0.4) is 0 Å². The Morgan fingerprint density at radius 2 is 1.97 bits per heavy atom. The summed E-state index contributed by atoms with van der Waals surface area (Å²) in [5.74, 6) is 1.19. The van der Waals surface area contributed by atoms with Gasteiger partial charge in [-0.1, -0.05) is 42.5 Å². The Morgan fingerprint density at radius 1 is 1.17 bits per heavy atom. The van der Waals surface area contributed by atoms with Gasteiger partial charge in [0.15, 0.2) is 6.61 Å². The van der Waals surface area contributed by atoms with E-state index in [9.17, 15) is 9.59 Å². The standard InChI is InChI=1S/C22H22N4O3/c27-21(10-13-26-18-8-4-5-9-19(18)29-15-22(26)28)25-17(14-20-23-11-12-24-20)16-6-2-1-3-7-16/h1-9,11-12,17H,10,13-15H2,(H,23,24)(H,25,27)/t17-/m0/s1. The minimum Gasteiger partial charge on any atom is -0.482 e. The highest BCUT2D eigenvalue weighted by Crippen LogP contribution is 2.31. The smallest absolute Gasteiger partial charge is 0.265 e. The highest BCUT2D eigenvalue weighted by molar-refractivity contribution is 5.98. The SMILES string of the molecule is O=C(CCN1C(=O)COc2ccccc21)N[C@@H](Cc1ncc[nH]1)c1ccccc1. The first kappa shape index (κ1) is 18.7. The van der Waals surface area contributed by atoms with Crippen LogP contribution in [0, 0.1) is 0 Å². The third kappa shape index (κ3) is 4.45. The number of para-hydroxylation sites is 2. The van der Waals surface area contributed by atoms with Crippen molar-refractivity contribution in [2.24, 2.45) is 0 Å². The van der Waals surface area contributed by atoms with Gasteiger partial charge in [0, 0.05) is 31.8 Å². The van der Waals surface area contributed by atoms with Crippen molar-refractivity contribution in [3.8, 4) is 5.75 Å². The maximum Gasteiger partial charge on any atom is 0.265 e. The molecule has 0 bridgehead atoms. The van der Waals surface area contributed by atoms with Crippen molar-refractivity contribution in [2.45, 2.75) is 18.9 Å². The predicted octanol–water partition coefficient (Wildman–Crippen LogP) is 2.63. The summed E-state index contributed by atoms with van der Waals surface area (Å²) in [6.45, 7) is 0.289. The van der Waals surface area contributed by atoms with Crippen LogP contribution in [0.15, 0.2) is 67.0 Å². The Kier molecular flexibility index (Phi) is 5.56. The number of fused-ring (bicyclic) bond motifs is 1. The molecule has 148 valence electrons. The molecule has 0 radical (unpaired) electrons. The van der Waals surface area contributed by atoms with Crippen molar-refractivity contribution in [3.05, 3.63) is 78.4 Å². The molecule has 1 atom stereocenters. The van der Waals surface area contributed by atoms with E-state index in [0.717, 1.165) is 11.4 Å². The molecule has 0 saturated carbocycles. The van der Waals surface area contributed by atoms with Gasteiger partial charge in [0.1, 0.15) is 11.6 Å². The van der Waals surface area contributed by atoms with Gasteiger partial charge in [0.05, 0.1) is 11.7 Å². The molecular weight excluding hydrogens is 368 g/mol. The largest absolute Gasteiger partial charge is 0.482 e. The zero-order valence-corrected chi connectivity index (χ0v) is 15.9. The van der Waals surface area contributed by atoms with E-state index in [1.807, 2.05) is 54.6 Å². The summed E-state index contributed by atoms with van der Waals surface area (Å²) in [5.41, 5.74) is 1.71. The second-order valence-corrected chi connectivity index (χ2v) is 6.82. The van der Waals surface area contributed by atoms with Crippen LogP contribution in [0.1, 0.15) is 23.9 Å². The minimum atomic E-state index is -0.206. The maximum absolute atomic E-state index is 12.7. The average molecular weight is 390 g/mol. The molecule has 1 aliphatic heterocycles. The lowest BCUT2D eigenvalue weighted by atomic mass is 10.0. The number of imidazole rings is 1. The van der Waals surface area contributed by atoms with Crippen molar-refractivity contribution in [3.63, 3.8) is 0 Å². The van der Waals surface area contributed by atoms with E-state index in [-0.39, 0.29) is 30.9 Å². The van der Waals surface area contributed by atoms with Crippen LogP contribution in [0.5, 0.6) is 5.75 Å². The molecule has 7 heteroatoms. The molecule has 0 spiro atoms. The highest BCUT2D eigenvalue weighted by atomic mass is 16.5. The molecular formula is C22H22N4O3. The van der Waals surface area contributed by atoms with Crippen LogP contribution >= 0.6 is 0 Å². The number of aromatic nitrogens is 2. The van der Waals surface area contributed by atoms with Gasteiger partial charge in [0.25, 0.3) is 5.91 Å². The molecule has 4 rings (SSSR count). The average Bonchev–Trinajstić information content (AvgIpc) is 3.26. The van der Waals surface area contributed by atoms with Crippen LogP contribution in [0.4, 0.5) is 5.69 Å². The third-order valence-electron chi connectivity index (χ3n) is 4.86. The second kappa shape index (κ2) is 8.60. The van der Waals surface area contributed by atoms with E-state index in [0.29, 0.717) is 24.4 Å². The van der Waals surface area contributed by atoms with Crippen LogP contribution in [0.25, 0.3) is 0 Å². The van der Waals surface area contributed by atoms with Gasteiger partial charge in [-0.2, -0.15) is 0 Å². The first-order valence-electron chi connectivity index (χ1n) is 9.55. The topological polar surface area (TPSA) is 87.3 Å². The molecule has 0 unspecified atom stereocenters. The lowest BCUT2D eigenvalue weighted by molar-refractivity contribution is -0.122. The van der Waals surface area contributed by atoms with Crippen LogP contribution in [0.2, 0.25) is 0 Å². The van der Waals surface area contributed by atoms with Gasteiger partial charge < -0.3 is 19.9 Å². The monoisotopic (exact) mass is 390 g/mol. The molecule has 2 amide bonds. The zero-order valence-electron chi connectivity index (χ0n) is 15.9. The van der Waals surface area contributed by atoms with Crippen LogP contribution in [-0.2, 0) is 16.0 Å². The van der Waals surface area contributed by atoms with Crippen molar-refractivity contribution in [2.75, 3.05) is 18.1 Å². The summed E-state index contributed by atoms with van der Waals surface area (Å²) in [7, 11) is 0. The minimum absolute atomic E-state index is 0.0102. The van der Waals surface area contributed by atoms with Crippen molar-refractivity contribution in [1.82, 2.24) is 15.3 Å². The van der Waals surface area contributed by atoms with Gasteiger partial charge in [-0.25, -0.2) is 4.98 Å². The van der Waals surface area contributed by atoms with E-state index in [1.54, 1.807) is 17.3 Å². The fourth-order valence-electron chi connectivity index (χ4n) is 3.42. The number of ether oxygens (including phenoxy) is 1. The van der Waals surface area contributed by atoms with Crippen LogP contribution < -0.4 is 15.0 Å². The van der Waals surface area contributed by atoms with E-state index in [4.69, 9.17) is 4.74 Å². The lowest BCUT2D eigenvalue weighted by Crippen LogP contribution is -2.41. The van der Waals surface area contributed by atoms with E-state index >= 15 is 0 Å². The maximum atomic E-state index is 12.7. The third-order valence-corrected chi connectivity index (χ3v) is 4.86. The molecule has 0 aliphatic carbocycles. The Hall–Kier alpha value is -3.61. The fourth-order valence-corrected chi connectivity index (χ4v) is 3.42. The van der Waals surface area contributed by atoms with Gasteiger partial charge in [-0.15, -0.1) is 0 Å². The van der Waals surface area contributed by atoms with E-state index in [1.165, 1.54) is 0 Å². The molecule has 2 heterocycles. The second-order valence-electron chi connectivity index (χ2n) is 6.82. The normalized spacial score (nSPS) is 14.1. The fraction of sp³-hybridized carbons (Fsp3) is 0.227. The molecule has 29 heavy (non-hydrogen) atoms. The Morgan fingerprint density at radius 3 is 2.76 bits per heavy atom.